The van der Waals surface area contributed by atoms with Gasteiger partial charge in [-0.15, -0.1) is 0 Å². The van der Waals surface area contributed by atoms with Crippen LogP contribution in [-0.4, -0.2) is 13.0 Å². The molecular formula is C12H13NO2. The topological polar surface area (TPSA) is 38.3 Å². The van der Waals surface area contributed by atoms with Crippen molar-refractivity contribution in [1.29, 1.82) is 0 Å². The third-order valence-corrected chi connectivity index (χ3v) is 1.92. The molecule has 0 spiro atoms. The van der Waals surface area contributed by atoms with Gasteiger partial charge < -0.3 is 10.1 Å². The van der Waals surface area contributed by atoms with Gasteiger partial charge in [-0.3, -0.25) is 4.79 Å². The van der Waals surface area contributed by atoms with Gasteiger partial charge in [0.15, 0.2) is 0 Å². The fourth-order valence-electron chi connectivity index (χ4n) is 1.12. The van der Waals surface area contributed by atoms with E-state index >= 15 is 0 Å². The summed E-state index contributed by atoms with van der Waals surface area (Å²) in [5.74, 6) is 0.394. The van der Waals surface area contributed by atoms with Crippen molar-refractivity contribution in [2.24, 2.45) is 0 Å². The molecule has 0 saturated heterocycles. The third kappa shape index (κ3) is 2.71. The van der Waals surface area contributed by atoms with E-state index < -0.39 is 0 Å². The molecule has 1 aromatic carbocycles. The molecule has 0 fully saturated rings. The molecule has 0 atom stereocenters. The Morgan fingerprint density at radius 2 is 1.87 bits per heavy atom. The summed E-state index contributed by atoms with van der Waals surface area (Å²) in [7, 11) is 1.59. The van der Waals surface area contributed by atoms with E-state index in [1.165, 1.54) is 6.26 Å². The summed E-state index contributed by atoms with van der Waals surface area (Å²) in [6.45, 7) is 7.15. The molecule has 1 amide bonds. The van der Waals surface area contributed by atoms with E-state index in [1.807, 2.05) is 0 Å². The minimum absolute atomic E-state index is 0.114. The first-order chi connectivity index (χ1) is 7.19. The summed E-state index contributed by atoms with van der Waals surface area (Å²) in [6.07, 6.45) is 1.31. The predicted molar refractivity (Wildman–Crippen MR) is 60.1 cm³/mol. The van der Waals surface area contributed by atoms with Crippen molar-refractivity contribution in [3.63, 3.8) is 0 Å². The third-order valence-electron chi connectivity index (χ3n) is 1.92. The van der Waals surface area contributed by atoms with Crippen LogP contribution in [0.1, 0.15) is 15.9 Å². The van der Waals surface area contributed by atoms with Crippen LogP contribution in [0.3, 0.4) is 0 Å². The van der Waals surface area contributed by atoms with E-state index in [1.54, 1.807) is 31.3 Å². The molecule has 1 N–H and O–H groups in total. The lowest BCUT2D eigenvalue weighted by Crippen LogP contribution is -2.17. The van der Waals surface area contributed by atoms with Crippen molar-refractivity contribution in [3.8, 4) is 0 Å². The standard InChI is InChI=1S/C12H13NO2/c1-4-15-9(2)10-5-7-11(8-6-10)12(14)13-3/h4-8H,1-2H2,3H3,(H,13,14). The molecule has 15 heavy (non-hydrogen) atoms. The van der Waals surface area contributed by atoms with Crippen LogP contribution in [-0.2, 0) is 4.74 Å². The number of carbonyl (C=O) groups excluding carboxylic acids is 1. The number of rotatable bonds is 4. The number of hydrogen-bond donors (Lipinski definition) is 1. The minimum Gasteiger partial charge on any atom is -0.466 e. The van der Waals surface area contributed by atoms with Crippen molar-refractivity contribution in [2.75, 3.05) is 7.05 Å². The van der Waals surface area contributed by atoms with Crippen LogP contribution in [0.4, 0.5) is 0 Å². The zero-order chi connectivity index (χ0) is 11.3. The Balaban J connectivity index is 2.85. The van der Waals surface area contributed by atoms with Gasteiger partial charge in [0, 0.05) is 18.2 Å². The van der Waals surface area contributed by atoms with Gasteiger partial charge in [0.2, 0.25) is 0 Å². The predicted octanol–water partition coefficient (Wildman–Crippen LogP) is 2.18. The van der Waals surface area contributed by atoms with Crippen molar-refractivity contribution in [3.05, 3.63) is 54.8 Å². The zero-order valence-electron chi connectivity index (χ0n) is 8.62. The fourth-order valence-corrected chi connectivity index (χ4v) is 1.12. The molecule has 3 heteroatoms. The summed E-state index contributed by atoms with van der Waals surface area (Å²) in [4.78, 5) is 11.2. The van der Waals surface area contributed by atoms with Gasteiger partial charge in [0.1, 0.15) is 5.76 Å². The van der Waals surface area contributed by atoms with E-state index in [2.05, 4.69) is 18.5 Å². The first-order valence-corrected chi connectivity index (χ1v) is 4.48. The Hall–Kier alpha value is -2.03. The second kappa shape index (κ2) is 5.00. The van der Waals surface area contributed by atoms with Gasteiger partial charge in [-0.05, 0) is 12.1 Å². The largest absolute Gasteiger partial charge is 0.466 e. The lowest BCUT2D eigenvalue weighted by atomic mass is 10.1. The summed E-state index contributed by atoms with van der Waals surface area (Å²) in [6, 6.07) is 6.98. The molecule has 0 saturated carbocycles. The van der Waals surface area contributed by atoms with Gasteiger partial charge in [0.05, 0.1) is 6.26 Å². The Kier molecular flexibility index (Phi) is 3.68. The van der Waals surface area contributed by atoms with Crippen LogP contribution in [0.15, 0.2) is 43.7 Å². The van der Waals surface area contributed by atoms with Gasteiger partial charge in [-0.2, -0.15) is 0 Å². The van der Waals surface area contributed by atoms with E-state index in [-0.39, 0.29) is 5.91 Å². The van der Waals surface area contributed by atoms with Gasteiger partial charge in [0.25, 0.3) is 5.91 Å². The molecule has 1 aromatic rings. The zero-order valence-corrected chi connectivity index (χ0v) is 8.62. The molecule has 0 aliphatic heterocycles. The lowest BCUT2D eigenvalue weighted by Gasteiger charge is -2.05. The van der Waals surface area contributed by atoms with Crippen LogP contribution >= 0.6 is 0 Å². The normalized spacial score (nSPS) is 9.13. The molecule has 78 valence electrons. The van der Waals surface area contributed by atoms with Crippen LogP contribution in [0.5, 0.6) is 0 Å². The Labute approximate surface area is 89.1 Å². The number of amides is 1. The van der Waals surface area contributed by atoms with E-state index in [4.69, 9.17) is 4.74 Å². The first kappa shape index (κ1) is 11.0. The number of carbonyl (C=O) groups is 1. The highest BCUT2D eigenvalue weighted by Gasteiger charge is 2.03. The second-order valence-corrected chi connectivity index (χ2v) is 2.86. The molecule has 3 nitrogen and oxygen atoms in total. The Bertz CT molecular complexity index is 379. The van der Waals surface area contributed by atoms with E-state index in [9.17, 15) is 4.79 Å². The van der Waals surface area contributed by atoms with E-state index in [0.717, 1.165) is 5.56 Å². The van der Waals surface area contributed by atoms with E-state index in [0.29, 0.717) is 11.3 Å². The molecule has 0 heterocycles. The highest BCUT2D eigenvalue weighted by molar-refractivity contribution is 5.94. The monoisotopic (exact) mass is 203 g/mol. The van der Waals surface area contributed by atoms with Crippen molar-refractivity contribution in [1.82, 2.24) is 5.32 Å². The SMILES string of the molecule is C=COC(=C)c1ccc(C(=O)NC)cc1. The van der Waals surface area contributed by atoms with Gasteiger partial charge in [-0.25, -0.2) is 0 Å². The number of benzene rings is 1. The minimum atomic E-state index is -0.114. The number of ether oxygens (including phenoxy) is 1. The highest BCUT2D eigenvalue weighted by Crippen LogP contribution is 2.14. The molecular weight excluding hydrogens is 190 g/mol. The summed E-state index contributed by atoms with van der Waals surface area (Å²) in [5, 5.41) is 2.55. The number of hydrogen-bond acceptors (Lipinski definition) is 2. The molecule has 0 aliphatic carbocycles. The van der Waals surface area contributed by atoms with Crippen molar-refractivity contribution >= 4 is 11.7 Å². The Morgan fingerprint density at radius 3 is 2.33 bits per heavy atom. The summed E-state index contributed by atoms with van der Waals surface area (Å²) < 4.78 is 5.02. The second-order valence-electron chi connectivity index (χ2n) is 2.86. The van der Waals surface area contributed by atoms with Crippen LogP contribution in [0.25, 0.3) is 5.76 Å². The van der Waals surface area contributed by atoms with Crippen LogP contribution in [0.2, 0.25) is 0 Å². The molecule has 0 aromatic heterocycles. The lowest BCUT2D eigenvalue weighted by molar-refractivity contribution is 0.0963. The van der Waals surface area contributed by atoms with Crippen LogP contribution < -0.4 is 5.32 Å². The molecule has 0 radical (unpaired) electrons. The smallest absolute Gasteiger partial charge is 0.251 e. The summed E-state index contributed by atoms with van der Waals surface area (Å²) in [5.41, 5.74) is 1.43. The summed E-state index contributed by atoms with van der Waals surface area (Å²) >= 11 is 0. The fraction of sp³-hybridized carbons (Fsp3) is 0.0833. The van der Waals surface area contributed by atoms with Gasteiger partial charge in [-0.1, -0.05) is 25.3 Å². The molecule has 0 bridgehead atoms. The van der Waals surface area contributed by atoms with Crippen molar-refractivity contribution < 1.29 is 9.53 Å². The average Bonchev–Trinajstić information content (AvgIpc) is 2.28. The average molecular weight is 203 g/mol. The maximum atomic E-state index is 11.2. The molecule has 0 aliphatic rings. The molecule has 1 rings (SSSR count). The first-order valence-electron chi connectivity index (χ1n) is 4.48. The maximum absolute atomic E-state index is 11.2. The highest BCUT2D eigenvalue weighted by atomic mass is 16.5. The van der Waals surface area contributed by atoms with Gasteiger partial charge >= 0.3 is 0 Å². The van der Waals surface area contributed by atoms with Crippen LogP contribution in [0, 0.1) is 0 Å². The number of nitrogens with one attached hydrogen (secondary N) is 1. The molecule has 0 unspecified atom stereocenters. The quantitative estimate of drug-likeness (QED) is 0.762. The maximum Gasteiger partial charge on any atom is 0.251 e. The van der Waals surface area contributed by atoms with Crippen molar-refractivity contribution in [2.45, 2.75) is 0 Å². The Morgan fingerprint density at radius 1 is 1.33 bits per heavy atom.